The second-order valence-corrected chi connectivity index (χ2v) is 12.7. The third kappa shape index (κ3) is 7.70. The Morgan fingerprint density at radius 3 is 2.17 bits per heavy atom. The number of carbonyl (C=O) groups is 2. The molecule has 2 amide bonds. The van der Waals surface area contributed by atoms with Crippen molar-refractivity contribution in [2.45, 2.75) is 75.9 Å². The average Bonchev–Trinajstić information content (AvgIpc) is 3.01. The first kappa shape index (κ1) is 31.1. The number of amides is 2. The number of nitrogens with one attached hydrogen (secondary N) is 1. The summed E-state index contributed by atoms with van der Waals surface area (Å²) in [6, 6.07) is 21.9. The van der Waals surface area contributed by atoms with Gasteiger partial charge in [0, 0.05) is 12.6 Å². The molecule has 3 aromatic rings. The van der Waals surface area contributed by atoms with E-state index in [1.165, 1.54) is 18.4 Å². The molecule has 0 heterocycles. The van der Waals surface area contributed by atoms with E-state index in [1.807, 2.05) is 44.2 Å². The first-order chi connectivity index (χ1) is 20.2. The SMILES string of the molecule is CCC(C(=O)NC1CCCCC1)N(Cc1ccccc1)C(=O)CN(c1ccc(OC)cc1)S(=O)(=O)c1ccc(C)cc1. The van der Waals surface area contributed by atoms with Gasteiger partial charge in [-0.25, -0.2) is 8.42 Å². The monoisotopic (exact) mass is 591 g/mol. The van der Waals surface area contributed by atoms with E-state index in [0.717, 1.165) is 41.1 Å². The van der Waals surface area contributed by atoms with Crippen LogP contribution in [0.2, 0.25) is 0 Å². The van der Waals surface area contributed by atoms with Gasteiger partial charge in [0.15, 0.2) is 0 Å². The molecule has 4 rings (SSSR count). The van der Waals surface area contributed by atoms with Crippen molar-refractivity contribution in [1.29, 1.82) is 0 Å². The van der Waals surface area contributed by atoms with Crippen molar-refractivity contribution in [3.63, 3.8) is 0 Å². The molecule has 1 unspecified atom stereocenters. The van der Waals surface area contributed by atoms with Crippen molar-refractivity contribution in [2.24, 2.45) is 0 Å². The summed E-state index contributed by atoms with van der Waals surface area (Å²) >= 11 is 0. The molecule has 0 aromatic heterocycles. The Kier molecular flexibility index (Phi) is 10.6. The van der Waals surface area contributed by atoms with E-state index in [9.17, 15) is 18.0 Å². The highest BCUT2D eigenvalue weighted by Crippen LogP contribution is 2.27. The maximum absolute atomic E-state index is 14.2. The molecule has 1 fully saturated rings. The Morgan fingerprint density at radius 1 is 0.929 bits per heavy atom. The van der Waals surface area contributed by atoms with Crippen LogP contribution in [-0.2, 0) is 26.2 Å². The number of benzene rings is 3. The van der Waals surface area contributed by atoms with Gasteiger partial charge in [-0.2, -0.15) is 0 Å². The largest absolute Gasteiger partial charge is 0.497 e. The summed E-state index contributed by atoms with van der Waals surface area (Å²) in [5.41, 5.74) is 2.10. The quantitative estimate of drug-likeness (QED) is 0.302. The summed E-state index contributed by atoms with van der Waals surface area (Å²) in [7, 11) is -2.59. The number of hydrogen-bond donors (Lipinski definition) is 1. The second-order valence-electron chi connectivity index (χ2n) is 10.8. The highest BCUT2D eigenvalue weighted by molar-refractivity contribution is 7.92. The van der Waals surface area contributed by atoms with Gasteiger partial charge in [-0.05, 0) is 68.1 Å². The van der Waals surface area contributed by atoms with Crippen LogP contribution in [0.3, 0.4) is 0 Å². The van der Waals surface area contributed by atoms with E-state index in [0.29, 0.717) is 17.9 Å². The maximum Gasteiger partial charge on any atom is 0.264 e. The number of ether oxygens (including phenoxy) is 1. The molecule has 3 aromatic carbocycles. The molecular weight excluding hydrogens is 550 g/mol. The third-order valence-corrected chi connectivity index (χ3v) is 9.57. The lowest BCUT2D eigenvalue weighted by Crippen LogP contribution is -2.54. The summed E-state index contributed by atoms with van der Waals surface area (Å²) in [6.07, 6.45) is 5.55. The predicted molar refractivity (Wildman–Crippen MR) is 165 cm³/mol. The molecule has 1 saturated carbocycles. The summed E-state index contributed by atoms with van der Waals surface area (Å²) in [6.45, 7) is 3.46. The fourth-order valence-electron chi connectivity index (χ4n) is 5.36. The number of aryl methyl sites for hydroxylation is 1. The third-order valence-electron chi connectivity index (χ3n) is 7.78. The van der Waals surface area contributed by atoms with Crippen molar-refractivity contribution < 1.29 is 22.7 Å². The van der Waals surface area contributed by atoms with Gasteiger partial charge in [0.1, 0.15) is 18.3 Å². The van der Waals surface area contributed by atoms with Crippen molar-refractivity contribution in [3.05, 3.63) is 90.0 Å². The second kappa shape index (κ2) is 14.4. The van der Waals surface area contributed by atoms with Gasteiger partial charge in [0.05, 0.1) is 17.7 Å². The number of anilines is 1. The average molecular weight is 592 g/mol. The lowest BCUT2D eigenvalue weighted by molar-refractivity contribution is -0.140. The Balaban J connectivity index is 1.69. The van der Waals surface area contributed by atoms with E-state index < -0.39 is 28.5 Å². The predicted octanol–water partition coefficient (Wildman–Crippen LogP) is 5.46. The van der Waals surface area contributed by atoms with Crippen molar-refractivity contribution in [2.75, 3.05) is 18.0 Å². The number of carbonyl (C=O) groups excluding carboxylic acids is 2. The number of hydrogen-bond acceptors (Lipinski definition) is 5. The molecule has 1 aliphatic carbocycles. The molecule has 8 nitrogen and oxygen atoms in total. The minimum atomic E-state index is -4.12. The minimum absolute atomic E-state index is 0.0772. The number of nitrogens with zero attached hydrogens (tertiary/aromatic N) is 2. The van der Waals surface area contributed by atoms with E-state index >= 15 is 0 Å². The van der Waals surface area contributed by atoms with Gasteiger partial charge in [-0.15, -0.1) is 0 Å². The van der Waals surface area contributed by atoms with Gasteiger partial charge in [-0.3, -0.25) is 13.9 Å². The number of rotatable bonds is 12. The smallest absolute Gasteiger partial charge is 0.264 e. The molecule has 0 radical (unpaired) electrons. The van der Waals surface area contributed by atoms with Crippen LogP contribution in [0.15, 0.2) is 83.8 Å². The lowest BCUT2D eigenvalue weighted by Gasteiger charge is -2.34. The maximum atomic E-state index is 14.2. The minimum Gasteiger partial charge on any atom is -0.497 e. The van der Waals surface area contributed by atoms with Crippen LogP contribution in [0.1, 0.15) is 56.6 Å². The zero-order valence-electron chi connectivity index (χ0n) is 24.7. The van der Waals surface area contributed by atoms with Gasteiger partial charge < -0.3 is 15.0 Å². The first-order valence-corrected chi connectivity index (χ1v) is 16.0. The van der Waals surface area contributed by atoms with E-state index in [4.69, 9.17) is 4.74 Å². The normalized spacial score (nSPS) is 14.5. The molecular formula is C33H41N3O5S. The van der Waals surface area contributed by atoms with Crippen molar-refractivity contribution >= 4 is 27.5 Å². The molecule has 9 heteroatoms. The summed E-state index contributed by atoms with van der Waals surface area (Å²) in [5, 5.41) is 3.17. The van der Waals surface area contributed by atoms with Crippen LogP contribution in [0.25, 0.3) is 0 Å². The topological polar surface area (TPSA) is 96.0 Å². The van der Waals surface area contributed by atoms with Crippen LogP contribution in [-0.4, -0.2) is 50.9 Å². The van der Waals surface area contributed by atoms with Crippen molar-refractivity contribution in [1.82, 2.24) is 10.2 Å². The van der Waals surface area contributed by atoms with Crippen LogP contribution in [0, 0.1) is 6.92 Å². The molecule has 0 aliphatic heterocycles. The fourth-order valence-corrected chi connectivity index (χ4v) is 6.77. The zero-order chi connectivity index (χ0) is 30.1. The zero-order valence-corrected chi connectivity index (χ0v) is 25.5. The van der Waals surface area contributed by atoms with Crippen molar-refractivity contribution in [3.8, 4) is 5.75 Å². The molecule has 0 bridgehead atoms. The van der Waals surface area contributed by atoms with E-state index in [-0.39, 0.29) is 23.4 Å². The van der Waals surface area contributed by atoms with Crippen LogP contribution < -0.4 is 14.4 Å². The Labute approximate surface area is 249 Å². The Hall–Kier alpha value is -3.85. The van der Waals surface area contributed by atoms with Crippen LogP contribution >= 0.6 is 0 Å². The summed E-state index contributed by atoms with van der Waals surface area (Å²) in [5.74, 6) is -0.101. The summed E-state index contributed by atoms with van der Waals surface area (Å²) < 4.78 is 34.4. The molecule has 1 aliphatic rings. The van der Waals surface area contributed by atoms with E-state index in [1.54, 1.807) is 48.5 Å². The first-order valence-electron chi connectivity index (χ1n) is 14.6. The Bertz CT molecular complexity index is 1420. The highest BCUT2D eigenvalue weighted by atomic mass is 32.2. The van der Waals surface area contributed by atoms with Gasteiger partial charge in [-0.1, -0.05) is 74.2 Å². The van der Waals surface area contributed by atoms with Crippen LogP contribution in [0.4, 0.5) is 5.69 Å². The molecule has 224 valence electrons. The van der Waals surface area contributed by atoms with Gasteiger partial charge >= 0.3 is 0 Å². The molecule has 0 saturated heterocycles. The number of methoxy groups -OCH3 is 1. The van der Waals surface area contributed by atoms with Crippen LogP contribution in [0.5, 0.6) is 5.75 Å². The molecule has 42 heavy (non-hydrogen) atoms. The highest BCUT2D eigenvalue weighted by Gasteiger charge is 2.34. The van der Waals surface area contributed by atoms with Gasteiger partial charge in [0.2, 0.25) is 11.8 Å². The standard InChI is InChI=1S/C33H41N3O5S/c1-4-31(33(38)34-27-13-9-6-10-14-27)35(23-26-11-7-5-8-12-26)32(37)24-36(28-17-19-29(41-3)20-18-28)42(39,40)30-21-15-25(2)16-22-30/h5,7-8,11-12,15-22,27,31H,4,6,9-10,13-14,23-24H2,1-3H3,(H,34,38). The molecule has 0 spiro atoms. The van der Waals surface area contributed by atoms with Gasteiger partial charge in [0.25, 0.3) is 10.0 Å². The molecule has 1 N–H and O–H groups in total. The number of sulfonamides is 1. The Morgan fingerprint density at radius 2 is 1.57 bits per heavy atom. The lowest BCUT2D eigenvalue weighted by atomic mass is 9.95. The van der Waals surface area contributed by atoms with E-state index in [2.05, 4.69) is 5.32 Å². The fraction of sp³-hybridized carbons (Fsp3) is 0.394. The summed E-state index contributed by atoms with van der Waals surface area (Å²) in [4.78, 5) is 29.4. The molecule has 1 atom stereocenters.